The molecule has 4 nitrogen and oxygen atoms in total. The summed E-state index contributed by atoms with van der Waals surface area (Å²) >= 11 is 0. The van der Waals surface area contributed by atoms with E-state index in [-0.39, 0.29) is 0 Å². The van der Waals surface area contributed by atoms with E-state index in [0.717, 1.165) is 24.7 Å². The van der Waals surface area contributed by atoms with Crippen molar-refractivity contribution < 1.29 is 0 Å². The van der Waals surface area contributed by atoms with Gasteiger partial charge in [-0.05, 0) is 30.9 Å². The lowest BCUT2D eigenvalue weighted by atomic mass is 9.92. The second-order valence-electron chi connectivity index (χ2n) is 4.73. The molecule has 1 aliphatic rings. The Kier molecular flexibility index (Phi) is 3.60. The number of nitrogens with zero attached hydrogens (tertiary/aromatic N) is 3. The monoisotopic (exact) mass is 230 g/mol. The summed E-state index contributed by atoms with van der Waals surface area (Å²) in [7, 11) is 0. The van der Waals surface area contributed by atoms with Gasteiger partial charge in [0.05, 0.1) is 5.56 Å². The van der Waals surface area contributed by atoms with Crippen molar-refractivity contribution in [3.8, 4) is 6.07 Å². The van der Waals surface area contributed by atoms with E-state index in [1.54, 1.807) is 6.20 Å². The van der Waals surface area contributed by atoms with E-state index in [1.165, 1.54) is 6.42 Å². The predicted molar refractivity (Wildman–Crippen MR) is 67.5 cm³/mol. The first-order valence-corrected chi connectivity index (χ1v) is 6.07. The molecule has 0 saturated carbocycles. The fraction of sp³-hybridized carbons (Fsp3) is 0.538. The molecule has 1 fully saturated rings. The predicted octanol–water partition coefficient (Wildman–Crippen LogP) is 1.52. The van der Waals surface area contributed by atoms with Gasteiger partial charge in [-0.3, -0.25) is 0 Å². The number of rotatable bonds is 2. The maximum atomic E-state index is 8.75. The van der Waals surface area contributed by atoms with Crippen LogP contribution in [0.4, 0.5) is 5.82 Å². The van der Waals surface area contributed by atoms with Crippen molar-refractivity contribution in [2.45, 2.75) is 25.8 Å². The van der Waals surface area contributed by atoms with Gasteiger partial charge in [0.15, 0.2) is 0 Å². The van der Waals surface area contributed by atoms with Crippen LogP contribution in [0.3, 0.4) is 0 Å². The molecule has 1 aromatic rings. The largest absolute Gasteiger partial charge is 0.352 e. The Morgan fingerprint density at radius 1 is 1.59 bits per heavy atom. The third-order valence-electron chi connectivity index (χ3n) is 3.42. The lowest BCUT2D eigenvalue weighted by molar-refractivity contribution is 0.365. The molecule has 1 saturated heterocycles. The molecule has 2 N–H and O–H groups in total. The Bertz CT molecular complexity index is 406. The fourth-order valence-corrected chi connectivity index (χ4v) is 2.40. The Balaban J connectivity index is 2.17. The summed E-state index contributed by atoms with van der Waals surface area (Å²) < 4.78 is 0. The lowest BCUT2D eigenvalue weighted by Crippen LogP contribution is -2.46. The number of pyridine rings is 1. The first kappa shape index (κ1) is 11.9. The highest BCUT2D eigenvalue weighted by Gasteiger charge is 2.25. The first-order chi connectivity index (χ1) is 8.24. The number of nitrogens with two attached hydrogens (primary N) is 1. The highest BCUT2D eigenvalue weighted by molar-refractivity contribution is 5.43. The van der Waals surface area contributed by atoms with Crippen LogP contribution in [-0.2, 0) is 0 Å². The average Bonchev–Trinajstić information content (AvgIpc) is 2.39. The Labute approximate surface area is 102 Å². The van der Waals surface area contributed by atoms with E-state index in [2.05, 4.69) is 22.9 Å². The summed E-state index contributed by atoms with van der Waals surface area (Å²) in [5.74, 6) is 1.67. The minimum absolute atomic E-state index is 0.374. The van der Waals surface area contributed by atoms with Crippen LogP contribution in [0.25, 0.3) is 0 Å². The van der Waals surface area contributed by atoms with Gasteiger partial charge < -0.3 is 10.6 Å². The molecule has 2 atom stereocenters. The molecule has 1 aliphatic heterocycles. The van der Waals surface area contributed by atoms with Crippen molar-refractivity contribution in [1.29, 1.82) is 5.26 Å². The van der Waals surface area contributed by atoms with Crippen molar-refractivity contribution in [3.63, 3.8) is 0 Å². The third kappa shape index (κ3) is 2.56. The van der Waals surface area contributed by atoms with E-state index in [1.807, 2.05) is 12.1 Å². The van der Waals surface area contributed by atoms with Crippen LogP contribution < -0.4 is 10.6 Å². The summed E-state index contributed by atoms with van der Waals surface area (Å²) in [5, 5.41) is 8.75. The standard InChI is InChI=1S/C13H18N4/c1-10-4-5-17(12(6-10)8-15)13-3-2-11(7-14)9-16-13/h2-3,9-10,12H,4-6,8,15H2,1H3. The molecule has 0 spiro atoms. The molecular weight excluding hydrogens is 212 g/mol. The molecule has 2 rings (SSSR count). The van der Waals surface area contributed by atoms with Gasteiger partial charge in [0.2, 0.25) is 0 Å². The van der Waals surface area contributed by atoms with E-state index in [9.17, 15) is 0 Å². The van der Waals surface area contributed by atoms with Gasteiger partial charge in [-0.1, -0.05) is 6.92 Å². The van der Waals surface area contributed by atoms with Crippen LogP contribution in [0.2, 0.25) is 0 Å². The van der Waals surface area contributed by atoms with Crippen molar-refractivity contribution in [2.75, 3.05) is 18.0 Å². The number of anilines is 1. The molecule has 0 aromatic carbocycles. The third-order valence-corrected chi connectivity index (χ3v) is 3.42. The van der Waals surface area contributed by atoms with Crippen molar-refractivity contribution in [2.24, 2.45) is 11.7 Å². The highest BCUT2D eigenvalue weighted by atomic mass is 15.2. The quantitative estimate of drug-likeness (QED) is 0.836. The number of hydrogen-bond acceptors (Lipinski definition) is 4. The second-order valence-corrected chi connectivity index (χ2v) is 4.73. The fourth-order valence-electron chi connectivity index (χ4n) is 2.40. The number of hydrogen-bond donors (Lipinski definition) is 1. The number of piperidine rings is 1. The molecule has 4 heteroatoms. The minimum Gasteiger partial charge on any atom is -0.352 e. The molecule has 0 amide bonds. The molecule has 1 aromatic heterocycles. The summed E-state index contributed by atoms with van der Waals surface area (Å²) in [6.45, 7) is 3.93. The maximum Gasteiger partial charge on any atom is 0.128 e. The summed E-state index contributed by atoms with van der Waals surface area (Å²) in [6.07, 6.45) is 3.93. The smallest absolute Gasteiger partial charge is 0.128 e. The van der Waals surface area contributed by atoms with Crippen LogP contribution in [0.1, 0.15) is 25.3 Å². The van der Waals surface area contributed by atoms with Gasteiger partial charge in [0, 0.05) is 25.3 Å². The lowest BCUT2D eigenvalue weighted by Gasteiger charge is -2.38. The Morgan fingerprint density at radius 2 is 2.41 bits per heavy atom. The number of nitriles is 1. The minimum atomic E-state index is 0.374. The molecular formula is C13H18N4. The van der Waals surface area contributed by atoms with Crippen LogP contribution >= 0.6 is 0 Å². The van der Waals surface area contributed by atoms with Gasteiger partial charge in [0.1, 0.15) is 11.9 Å². The zero-order valence-electron chi connectivity index (χ0n) is 10.1. The van der Waals surface area contributed by atoms with Crippen LogP contribution in [0.5, 0.6) is 0 Å². The maximum absolute atomic E-state index is 8.75. The Hall–Kier alpha value is -1.60. The molecule has 2 unspecified atom stereocenters. The van der Waals surface area contributed by atoms with E-state index in [4.69, 9.17) is 11.0 Å². The Morgan fingerprint density at radius 3 is 3.00 bits per heavy atom. The zero-order valence-corrected chi connectivity index (χ0v) is 10.1. The summed E-state index contributed by atoms with van der Waals surface area (Å²) in [6, 6.07) is 6.19. The SMILES string of the molecule is CC1CCN(c2ccc(C#N)cn2)C(CN)C1. The highest BCUT2D eigenvalue weighted by Crippen LogP contribution is 2.26. The van der Waals surface area contributed by atoms with Crippen molar-refractivity contribution >= 4 is 5.82 Å². The van der Waals surface area contributed by atoms with Gasteiger partial charge in [0.25, 0.3) is 0 Å². The molecule has 2 heterocycles. The van der Waals surface area contributed by atoms with Gasteiger partial charge in [-0.15, -0.1) is 0 Å². The van der Waals surface area contributed by atoms with Crippen LogP contribution in [-0.4, -0.2) is 24.1 Å². The molecule has 0 bridgehead atoms. The van der Waals surface area contributed by atoms with Crippen LogP contribution in [0, 0.1) is 17.2 Å². The van der Waals surface area contributed by atoms with Gasteiger partial charge in [-0.25, -0.2) is 4.98 Å². The molecule has 0 radical (unpaired) electrons. The van der Waals surface area contributed by atoms with Crippen molar-refractivity contribution in [3.05, 3.63) is 23.9 Å². The zero-order chi connectivity index (χ0) is 12.3. The topological polar surface area (TPSA) is 65.9 Å². The van der Waals surface area contributed by atoms with Gasteiger partial charge in [-0.2, -0.15) is 5.26 Å². The van der Waals surface area contributed by atoms with E-state index in [0.29, 0.717) is 18.2 Å². The van der Waals surface area contributed by atoms with Crippen LogP contribution in [0.15, 0.2) is 18.3 Å². The van der Waals surface area contributed by atoms with E-state index >= 15 is 0 Å². The first-order valence-electron chi connectivity index (χ1n) is 6.07. The van der Waals surface area contributed by atoms with Crippen molar-refractivity contribution in [1.82, 2.24) is 4.98 Å². The summed E-state index contributed by atoms with van der Waals surface area (Å²) in [4.78, 5) is 6.61. The second kappa shape index (κ2) is 5.15. The molecule has 0 aliphatic carbocycles. The molecule has 17 heavy (non-hydrogen) atoms. The average molecular weight is 230 g/mol. The van der Waals surface area contributed by atoms with Gasteiger partial charge >= 0.3 is 0 Å². The number of aromatic nitrogens is 1. The van der Waals surface area contributed by atoms with E-state index < -0.39 is 0 Å². The normalized spacial score (nSPS) is 24.4. The summed E-state index contributed by atoms with van der Waals surface area (Å²) in [5.41, 5.74) is 6.43. The molecule has 90 valence electrons.